The maximum absolute atomic E-state index is 13.5. The number of carbonyl (C=O) groups is 3. The lowest BCUT2D eigenvalue weighted by atomic mass is 9.42. The number of ether oxygens (including phenoxy) is 4. The smallest absolute Gasteiger partial charge is 0.345 e. The number of carbonyl (C=O) groups excluding carboxylic acids is 3. The van der Waals surface area contributed by atoms with Gasteiger partial charge in [0, 0.05) is 54.6 Å². The Hall–Kier alpha value is -3.73. The molecule has 2 aromatic heterocycles. The van der Waals surface area contributed by atoms with Crippen LogP contribution in [0.2, 0.25) is 0 Å². The molecule has 11 nitrogen and oxygen atoms in total. The predicted molar refractivity (Wildman–Crippen MR) is 161 cm³/mol. The first-order chi connectivity index (χ1) is 21.3. The predicted octanol–water partition coefficient (Wildman–Crippen LogP) is 4.93. The third-order valence-corrected chi connectivity index (χ3v) is 10.5. The number of aliphatic hydroxyl groups is 1. The Kier molecular flexibility index (Phi) is 8.87. The van der Waals surface area contributed by atoms with Gasteiger partial charge in [-0.1, -0.05) is 34.6 Å². The van der Waals surface area contributed by atoms with Crippen molar-refractivity contribution >= 4 is 17.9 Å². The van der Waals surface area contributed by atoms with E-state index in [0.29, 0.717) is 18.4 Å². The molecule has 0 saturated heterocycles. The van der Waals surface area contributed by atoms with Crippen molar-refractivity contribution in [2.75, 3.05) is 6.61 Å². The lowest BCUT2D eigenvalue weighted by molar-refractivity contribution is -0.271. The van der Waals surface area contributed by atoms with Crippen LogP contribution in [0.4, 0.5) is 0 Å². The first kappa shape index (κ1) is 32.7. The molecule has 8 atom stereocenters. The molecule has 2 fully saturated rings. The van der Waals surface area contributed by atoms with E-state index >= 15 is 0 Å². The summed E-state index contributed by atoms with van der Waals surface area (Å²) in [6.45, 7) is 10.8. The molecule has 0 bridgehead atoms. The van der Waals surface area contributed by atoms with Crippen molar-refractivity contribution < 1.29 is 42.9 Å². The standard InChI is InChI=1S/C34H43NO10/c1-7-25(36)41-18-33(5)22-16-24(44-27(38)9-3)34(6)30(32(22,4)13-12-23(33)43-26(37)8-2)29(39)28-21(45-34)15-20(42-31(28)40)19-11-10-14-35-17-19/h10-11,14-15,17,22-24,29-30,39H,7-9,12-13,16,18H2,1-6H3/t22-,23+,24+,29+,30-,32+,33+,34-/m1/s1. The molecule has 5 rings (SSSR count). The van der Waals surface area contributed by atoms with Crippen molar-refractivity contribution in [1.82, 2.24) is 4.98 Å². The number of pyridine rings is 1. The summed E-state index contributed by atoms with van der Waals surface area (Å²) >= 11 is 0. The van der Waals surface area contributed by atoms with E-state index in [0.717, 1.165) is 0 Å². The lowest BCUT2D eigenvalue weighted by Crippen LogP contribution is -2.71. The van der Waals surface area contributed by atoms with Gasteiger partial charge in [0.25, 0.3) is 0 Å². The van der Waals surface area contributed by atoms with Crippen LogP contribution in [0.15, 0.2) is 39.8 Å². The Morgan fingerprint density at radius 3 is 2.31 bits per heavy atom. The molecule has 2 aromatic rings. The molecule has 0 aromatic carbocycles. The molecule has 0 spiro atoms. The summed E-state index contributed by atoms with van der Waals surface area (Å²) in [5, 5.41) is 12.2. The second-order valence-corrected chi connectivity index (χ2v) is 13.1. The van der Waals surface area contributed by atoms with Gasteiger partial charge in [0.05, 0.1) is 6.10 Å². The third kappa shape index (κ3) is 5.53. The molecule has 1 aliphatic heterocycles. The van der Waals surface area contributed by atoms with Crippen molar-refractivity contribution in [2.24, 2.45) is 22.7 Å². The Morgan fingerprint density at radius 1 is 1.02 bits per heavy atom. The maximum Gasteiger partial charge on any atom is 0.345 e. The van der Waals surface area contributed by atoms with Crippen molar-refractivity contribution in [1.29, 1.82) is 0 Å². The van der Waals surface area contributed by atoms with Gasteiger partial charge in [-0.15, -0.1) is 0 Å². The SMILES string of the molecule is CCC(=O)OC[C@@]1(C)[C@@H]2C[C@H](OC(=O)CC)[C@@]3(C)Oc4cc(-c5cccnc5)oc(=O)c4[C@H](O)[C@@H]3[C@@]2(C)CC[C@@H]1OC(=O)CC. The van der Waals surface area contributed by atoms with Crippen LogP contribution < -0.4 is 10.4 Å². The molecule has 1 N–H and O–H groups in total. The molecule has 0 amide bonds. The van der Waals surface area contributed by atoms with E-state index in [2.05, 4.69) is 4.98 Å². The zero-order valence-corrected chi connectivity index (χ0v) is 26.8. The summed E-state index contributed by atoms with van der Waals surface area (Å²) in [7, 11) is 0. The fourth-order valence-electron chi connectivity index (χ4n) is 8.20. The van der Waals surface area contributed by atoms with Crippen LogP contribution in [0.5, 0.6) is 5.75 Å². The highest BCUT2D eigenvalue weighted by atomic mass is 16.6. The summed E-state index contributed by atoms with van der Waals surface area (Å²) in [4.78, 5) is 55.5. The van der Waals surface area contributed by atoms with Gasteiger partial charge >= 0.3 is 23.5 Å². The van der Waals surface area contributed by atoms with E-state index in [-0.39, 0.29) is 61.3 Å². The second-order valence-electron chi connectivity index (χ2n) is 13.1. The number of nitrogens with zero attached hydrogens (tertiary/aromatic N) is 1. The minimum absolute atomic E-state index is 0.00814. The summed E-state index contributed by atoms with van der Waals surface area (Å²) < 4.78 is 30.2. The van der Waals surface area contributed by atoms with Gasteiger partial charge in [-0.2, -0.15) is 0 Å². The van der Waals surface area contributed by atoms with Crippen LogP contribution in [0.25, 0.3) is 11.3 Å². The number of rotatable bonds is 8. The van der Waals surface area contributed by atoms with Gasteiger partial charge in [-0.05, 0) is 49.7 Å². The van der Waals surface area contributed by atoms with E-state index < -0.39 is 58.2 Å². The Bertz CT molecular complexity index is 1510. The van der Waals surface area contributed by atoms with E-state index in [1.165, 1.54) is 0 Å². The number of hydrogen-bond donors (Lipinski definition) is 1. The Balaban J connectivity index is 1.65. The van der Waals surface area contributed by atoms with Crippen LogP contribution in [-0.2, 0) is 28.6 Å². The van der Waals surface area contributed by atoms with Crippen LogP contribution in [0.1, 0.15) is 91.7 Å². The fourth-order valence-corrected chi connectivity index (χ4v) is 8.20. The van der Waals surface area contributed by atoms with Gasteiger partial charge in [0.1, 0.15) is 41.5 Å². The van der Waals surface area contributed by atoms with Gasteiger partial charge in [0.15, 0.2) is 0 Å². The summed E-state index contributed by atoms with van der Waals surface area (Å²) in [5.41, 5.74) is -3.08. The largest absolute Gasteiger partial charge is 0.482 e. The van der Waals surface area contributed by atoms with Crippen molar-refractivity contribution in [3.05, 3.63) is 46.6 Å². The molecule has 0 radical (unpaired) electrons. The number of fused-ring (bicyclic) bond motifs is 4. The van der Waals surface area contributed by atoms with Crippen LogP contribution in [0, 0.1) is 22.7 Å². The second kappa shape index (κ2) is 12.2. The number of hydrogen-bond acceptors (Lipinski definition) is 11. The minimum atomic E-state index is -1.34. The quantitative estimate of drug-likeness (QED) is 0.314. The molecule has 3 aliphatic rings. The molecule has 3 heterocycles. The maximum atomic E-state index is 13.5. The minimum Gasteiger partial charge on any atom is -0.482 e. The molecule has 0 unspecified atom stereocenters. The van der Waals surface area contributed by atoms with Crippen molar-refractivity contribution in [3.8, 4) is 17.1 Å². The molecule has 11 heteroatoms. The normalized spacial score (nSPS) is 33.4. The van der Waals surface area contributed by atoms with Gasteiger partial charge in [-0.3, -0.25) is 19.4 Å². The van der Waals surface area contributed by atoms with Crippen molar-refractivity contribution in [2.45, 2.75) is 104 Å². The number of esters is 3. The molecule has 244 valence electrons. The molecule has 2 saturated carbocycles. The average Bonchev–Trinajstić information content (AvgIpc) is 3.02. The zero-order valence-electron chi connectivity index (χ0n) is 26.8. The molecule has 45 heavy (non-hydrogen) atoms. The fraction of sp³-hybridized carbons (Fsp3) is 0.618. The van der Waals surface area contributed by atoms with Crippen LogP contribution in [0.3, 0.4) is 0 Å². The molecule has 2 aliphatic carbocycles. The van der Waals surface area contributed by atoms with Gasteiger partial charge in [0.2, 0.25) is 0 Å². The summed E-state index contributed by atoms with van der Waals surface area (Å²) in [6.07, 6.45) is 2.06. The first-order valence-corrected chi connectivity index (χ1v) is 15.8. The highest BCUT2D eigenvalue weighted by Crippen LogP contribution is 2.67. The van der Waals surface area contributed by atoms with Gasteiger partial charge in [-0.25, -0.2) is 4.79 Å². The van der Waals surface area contributed by atoms with Gasteiger partial charge < -0.3 is 28.5 Å². The number of aromatic nitrogens is 1. The Morgan fingerprint density at radius 2 is 1.69 bits per heavy atom. The first-order valence-electron chi connectivity index (χ1n) is 15.8. The highest BCUT2D eigenvalue weighted by Gasteiger charge is 2.71. The van der Waals surface area contributed by atoms with E-state index in [9.17, 15) is 24.3 Å². The van der Waals surface area contributed by atoms with E-state index in [4.69, 9.17) is 23.4 Å². The molecular weight excluding hydrogens is 582 g/mol. The number of aliphatic hydroxyl groups excluding tert-OH is 1. The van der Waals surface area contributed by atoms with Crippen LogP contribution >= 0.6 is 0 Å². The molecular formula is C34H43NO10. The van der Waals surface area contributed by atoms with E-state index in [1.807, 2.05) is 20.8 Å². The van der Waals surface area contributed by atoms with Crippen LogP contribution in [-0.4, -0.2) is 52.4 Å². The lowest BCUT2D eigenvalue weighted by Gasteiger charge is -2.66. The monoisotopic (exact) mass is 625 g/mol. The average molecular weight is 626 g/mol. The third-order valence-electron chi connectivity index (χ3n) is 10.5. The summed E-state index contributed by atoms with van der Waals surface area (Å²) in [6, 6.07) is 5.03. The summed E-state index contributed by atoms with van der Waals surface area (Å²) in [5.74, 6) is -1.96. The van der Waals surface area contributed by atoms with E-state index in [1.54, 1.807) is 51.4 Å². The topological polar surface area (TPSA) is 151 Å². The zero-order chi connectivity index (χ0) is 32.7. The Labute approximate surface area is 262 Å². The highest BCUT2D eigenvalue weighted by molar-refractivity contribution is 5.70. The van der Waals surface area contributed by atoms with Crippen molar-refractivity contribution in [3.63, 3.8) is 0 Å².